The van der Waals surface area contributed by atoms with Gasteiger partial charge in [0.05, 0.1) is 16.9 Å². The summed E-state index contributed by atoms with van der Waals surface area (Å²) in [5, 5.41) is 13.5. The third kappa shape index (κ3) is 5.22. The van der Waals surface area contributed by atoms with Crippen LogP contribution in [0.4, 0.5) is 14.5 Å². The molecule has 6 nitrogen and oxygen atoms in total. The lowest BCUT2D eigenvalue weighted by atomic mass is 9.96. The zero-order chi connectivity index (χ0) is 28.8. The fraction of sp³-hybridized carbons (Fsp3) is 0.219. The molecule has 0 radical (unpaired) electrons. The number of halogens is 2. The molecule has 3 aromatic carbocycles. The van der Waals surface area contributed by atoms with E-state index in [9.17, 15) is 18.7 Å². The van der Waals surface area contributed by atoms with Gasteiger partial charge < -0.3 is 15.4 Å². The van der Waals surface area contributed by atoms with Crippen LogP contribution in [-0.4, -0.2) is 26.0 Å². The first kappa shape index (κ1) is 27.1. The Balaban J connectivity index is 1.51. The highest BCUT2D eigenvalue weighted by atomic mass is 19.1. The molecular formula is C32H30F2N4O2. The van der Waals surface area contributed by atoms with Crippen LogP contribution in [0.5, 0.6) is 0 Å². The summed E-state index contributed by atoms with van der Waals surface area (Å²) in [5.74, 6) is -1.68. The number of aromatic nitrogens is 3. The van der Waals surface area contributed by atoms with E-state index < -0.39 is 23.1 Å². The van der Waals surface area contributed by atoms with E-state index in [1.54, 1.807) is 6.92 Å². The average molecular weight is 541 g/mol. The summed E-state index contributed by atoms with van der Waals surface area (Å²) < 4.78 is 29.6. The highest BCUT2D eigenvalue weighted by Gasteiger charge is 2.22. The number of nitrogens with one attached hydrogen (secondary N) is 2. The van der Waals surface area contributed by atoms with Crippen LogP contribution >= 0.6 is 0 Å². The molecule has 5 rings (SSSR count). The van der Waals surface area contributed by atoms with Gasteiger partial charge in [0.1, 0.15) is 23.6 Å². The van der Waals surface area contributed by atoms with E-state index >= 15 is 0 Å². The molecule has 0 bridgehead atoms. The lowest BCUT2D eigenvalue weighted by molar-refractivity contribution is 0.0780. The normalized spacial score (nSPS) is 11.8. The quantitative estimate of drug-likeness (QED) is 0.208. The van der Waals surface area contributed by atoms with Crippen molar-refractivity contribution in [3.8, 4) is 22.5 Å². The molecule has 0 spiro atoms. The maximum absolute atomic E-state index is 14.9. The smallest absolute Gasteiger partial charge is 0.258 e. The zero-order valence-corrected chi connectivity index (χ0v) is 22.9. The fourth-order valence-corrected chi connectivity index (χ4v) is 4.68. The highest BCUT2D eigenvalue weighted by molar-refractivity contribution is 6.05. The Morgan fingerprint density at radius 2 is 1.73 bits per heavy atom. The van der Waals surface area contributed by atoms with E-state index in [0.717, 1.165) is 17.3 Å². The average Bonchev–Trinajstić information content (AvgIpc) is 3.34. The fourth-order valence-electron chi connectivity index (χ4n) is 4.68. The monoisotopic (exact) mass is 540 g/mol. The molecule has 2 aromatic heterocycles. The summed E-state index contributed by atoms with van der Waals surface area (Å²) in [6.07, 6.45) is 1.40. The van der Waals surface area contributed by atoms with Gasteiger partial charge in [-0.15, -0.1) is 0 Å². The summed E-state index contributed by atoms with van der Waals surface area (Å²) in [6, 6.07) is 16.6. The first-order valence-electron chi connectivity index (χ1n) is 13.0. The Labute approximate surface area is 231 Å². The summed E-state index contributed by atoms with van der Waals surface area (Å²) in [5.41, 5.74) is 4.24. The van der Waals surface area contributed by atoms with Crippen LogP contribution in [0, 0.1) is 18.6 Å². The van der Waals surface area contributed by atoms with Crippen LogP contribution in [0.15, 0.2) is 67.0 Å². The van der Waals surface area contributed by atoms with Crippen molar-refractivity contribution >= 4 is 22.6 Å². The van der Waals surface area contributed by atoms with Gasteiger partial charge in [0.25, 0.3) is 5.91 Å². The van der Waals surface area contributed by atoms with Crippen molar-refractivity contribution < 1.29 is 18.7 Å². The molecule has 0 fully saturated rings. The van der Waals surface area contributed by atoms with Crippen molar-refractivity contribution in [1.29, 1.82) is 0 Å². The number of nitrogens with zero attached hydrogens (tertiary/aromatic N) is 2. The number of aromatic amines is 1. The van der Waals surface area contributed by atoms with Crippen LogP contribution in [0.2, 0.25) is 0 Å². The minimum Gasteiger partial charge on any atom is -0.386 e. The molecule has 0 aliphatic heterocycles. The number of hydrogen-bond acceptors (Lipinski definition) is 4. The van der Waals surface area contributed by atoms with Crippen LogP contribution < -0.4 is 5.32 Å². The SMILES string of the molecule is Cc1c(NC(=O)c2ccc(C(C)(C)O)cc2F)cc(F)cc1-c1ncnc2[nH]c(-c3ccc(C(C)C)cc3)cc12. The van der Waals surface area contributed by atoms with E-state index in [2.05, 4.69) is 46.2 Å². The van der Waals surface area contributed by atoms with E-state index in [1.807, 2.05) is 18.2 Å². The molecule has 0 aliphatic carbocycles. The lowest BCUT2D eigenvalue weighted by Crippen LogP contribution is -2.19. The molecule has 0 aliphatic rings. The van der Waals surface area contributed by atoms with Gasteiger partial charge in [-0.3, -0.25) is 4.79 Å². The number of rotatable bonds is 6. The summed E-state index contributed by atoms with van der Waals surface area (Å²) in [6.45, 7) is 9.08. The number of aliphatic hydroxyl groups is 1. The standard InChI is InChI=1S/C32H30F2N4O2/c1-17(2)19-6-8-20(9-7-19)28-15-25-29(35-16-36-30(25)37-28)24-13-22(33)14-27(18(24)3)38-31(39)23-11-10-21(12-26(23)34)32(4,5)40/h6-17,40H,1-5H3,(H,38,39)(H,35,36,37). The maximum Gasteiger partial charge on any atom is 0.258 e. The van der Waals surface area contributed by atoms with Gasteiger partial charge in [0.2, 0.25) is 0 Å². The number of H-pyrrole nitrogens is 1. The van der Waals surface area contributed by atoms with Gasteiger partial charge in [-0.1, -0.05) is 44.2 Å². The predicted molar refractivity (Wildman–Crippen MR) is 153 cm³/mol. The van der Waals surface area contributed by atoms with Gasteiger partial charge in [-0.25, -0.2) is 18.7 Å². The number of hydrogen-bond donors (Lipinski definition) is 3. The van der Waals surface area contributed by atoms with E-state index in [-0.39, 0.29) is 11.3 Å². The van der Waals surface area contributed by atoms with Gasteiger partial charge >= 0.3 is 0 Å². The highest BCUT2D eigenvalue weighted by Crippen LogP contribution is 2.35. The molecule has 40 heavy (non-hydrogen) atoms. The number of carbonyl (C=O) groups excluding carboxylic acids is 1. The molecule has 1 amide bonds. The molecular weight excluding hydrogens is 510 g/mol. The number of amides is 1. The summed E-state index contributed by atoms with van der Waals surface area (Å²) in [7, 11) is 0. The Morgan fingerprint density at radius 3 is 2.38 bits per heavy atom. The second kappa shape index (κ2) is 10.3. The molecule has 2 heterocycles. The Bertz CT molecular complexity index is 1740. The lowest BCUT2D eigenvalue weighted by Gasteiger charge is -2.18. The Morgan fingerprint density at radius 1 is 1.00 bits per heavy atom. The largest absolute Gasteiger partial charge is 0.386 e. The van der Waals surface area contributed by atoms with Crippen molar-refractivity contribution in [1.82, 2.24) is 15.0 Å². The van der Waals surface area contributed by atoms with Crippen LogP contribution in [0.1, 0.15) is 60.7 Å². The molecule has 0 unspecified atom stereocenters. The first-order valence-corrected chi connectivity index (χ1v) is 13.0. The molecule has 3 N–H and O–H groups in total. The van der Waals surface area contributed by atoms with Crippen molar-refractivity contribution in [2.75, 3.05) is 5.32 Å². The molecule has 204 valence electrons. The van der Waals surface area contributed by atoms with E-state index in [0.29, 0.717) is 39.3 Å². The van der Waals surface area contributed by atoms with Crippen LogP contribution in [-0.2, 0) is 5.60 Å². The van der Waals surface area contributed by atoms with Gasteiger partial charge in [0.15, 0.2) is 0 Å². The van der Waals surface area contributed by atoms with Crippen LogP contribution in [0.25, 0.3) is 33.5 Å². The van der Waals surface area contributed by atoms with Crippen molar-refractivity contribution in [3.63, 3.8) is 0 Å². The molecule has 0 saturated heterocycles. The second-order valence-electron chi connectivity index (χ2n) is 10.8. The molecule has 0 saturated carbocycles. The van der Waals surface area contributed by atoms with E-state index in [1.165, 1.54) is 50.0 Å². The van der Waals surface area contributed by atoms with Crippen molar-refractivity contribution in [2.24, 2.45) is 0 Å². The van der Waals surface area contributed by atoms with Gasteiger partial charge in [-0.05, 0) is 79.3 Å². The molecule has 5 aromatic rings. The summed E-state index contributed by atoms with van der Waals surface area (Å²) >= 11 is 0. The number of carbonyl (C=O) groups is 1. The van der Waals surface area contributed by atoms with E-state index in [4.69, 9.17) is 0 Å². The zero-order valence-electron chi connectivity index (χ0n) is 22.9. The maximum atomic E-state index is 14.9. The van der Waals surface area contributed by atoms with Gasteiger partial charge in [0, 0.05) is 22.3 Å². The number of fused-ring (bicyclic) bond motifs is 1. The Hall–Kier alpha value is -4.43. The minimum absolute atomic E-state index is 0.192. The Kier molecular flexibility index (Phi) is 6.98. The summed E-state index contributed by atoms with van der Waals surface area (Å²) in [4.78, 5) is 25.1. The topological polar surface area (TPSA) is 90.9 Å². The molecule has 8 heteroatoms. The van der Waals surface area contributed by atoms with Crippen molar-refractivity contribution in [2.45, 2.75) is 46.1 Å². The molecule has 0 atom stereocenters. The predicted octanol–water partition coefficient (Wildman–Crippen LogP) is 7.48. The van der Waals surface area contributed by atoms with Crippen molar-refractivity contribution in [3.05, 3.63) is 101 Å². The number of anilines is 1. The third-order valence-electron chi connectivity index (χ3n) is 7.11. The van der Waals surface area contributed by atoms with Crippen LogP contribution in [0.3, 0.4) is 0 Å². The third-order valence-corrected chi connectivity index (χ3v) is 7.11. The minimum atomic E-state index is -1.26. The van der Waals surface area contributed by atoms with Gasteiger partial charge in [-0.2, -0.15) is 0 Å². The number of benzene rings is 3. The second-order valence-corrected chi connectivity index (χ2v) is 10.8. The first-order chi connectivity index (χ1) is 18.9.